The second kappa shape index (κ2) is 5.30. The molecule has 0 aromatic carbocycles. The topological polar surface area (TPSA) is 95.2 Å². The summed E-state index contributed by atoms with van der Waals surface area (Å²) in [5.41, 5.74) is 0.522. The molecule has 0 radical (unpaired) electrons. The molecule has 0 unspecified atom stereocenters. The lowest BCUT2D eigenvalue weighted by molar-refractivity contribution is -0.129. The van der Waals surface area contributed by atoms with Crippen LogP contribution in [0.25, 0.3) is 0 Å². The molecule has 1 aliphatic heterocycles. The van der Waals surface area contributed by atoms with Crippen LogP contribution >= 0.6 is 0 Å². The minimum Gasteiger partial charge on any atom is -0.343 e. The van der Waals surface area contributed by atoms with E-state index in [1.807, 2.05) is 0 Å². The minimum absolute atomic E-state index is 0.0342. The van der Waals surface area contributed by atoms with Gasteiger partial charge in [-0.05, 0) is 19.8 Å². The van der Waals surface area contributed by atoms with E-state index in [4.69, 9.17) is 0 Å². The van der Waals surface area contributed by atoms with E-state index in [0.29, 0.717) is 31.6 Å². The van der Waals surface area contributed by atoms with Crippen LogP contribution < -0.4 is 4.72 Å². The van der Waals surface area contributed by atoms with Gasteiger partial charge < -0.3 is 4.90 Å². The highest BCUT2D eigenvalue weighted by Gasteiger charge is 2.26. The number of hydrogen-bond acceptors (Lipinski definition) is 4. The number of piperidine rings is 1. The minimum atomic E-state index is -3.53. The number of rotatable bonds is 3. The van der Waals surface area contributed by atoms with E-state index in [-0.39, 0.29) is 16.8 Å². The summed E-state index contributed by atoms with van der Waals surface area (Å²) in [6.45, 7) is 4.37. The first-order chi connectivity index (χ1) is 8.90. The van der Waals surface area contributed by atoms with Crippen molar-refractivity contribution in [2.45, 2.75) is 37.6 Å². The lowest BCUT2D eigenvalue weighted by atomic mass is 10.1. The molecule has 2 N–H and O–H groups in total. The molecule has 19 heavy (non-hydrogen) atoms. The number of H-pyrrole nitrogens is 1. The molecular formula is C11H18N4O3S. The summed E-state index contributed by atoms with van der Waals surface area (Å²) in [7, 11) is -3.53. The Balaban J connectivity index is 2.00. The lowest BCUT2D eigenvalue weighted by Crippen LogP contribution is -2.45. The van der Waals surface area contributed by atoms with Crippen LogP contribution in [0.3, 0.4) is 0 Å². The van der Waals surface area contributed by atoms with Crippen LogP contribution in [0.5, 0.6) is 0 Å². The number of carbonyl (C=O) groups excluding carboxylic acids is 1. The summed E-state index contributed by atoms with van der Waals surface area (Å²) in [6.07, 6.45) is 2.58. The molecule has 0 saturated carbocycles. The van der Waals surface area contributed by atoms with Gasteiger partial charge in [0.25, 0.3) is 0 Å². The van der Waals surface area contributed by atoms with Crippen LogP contribution in [0.2, 0.25) is 0 Å². The Morgan fingerprint density at radius 3 is 2.58 bits per heavy atom. The molecule has 2 rings (SSSR count). The first kappa shape index (κ1) is 14.0. The summed E-state index contributed by atoms with van der Waals surface area (Å²) in [4.78, 5) is 13.1. The molecule has 1 saturated heterocycles. The summed E-state index contributed by atoms with van der Waals surface area (Å²) in [6, 6.07) is -0.130. The third-order valence-electron chi connectivity index (χ3n) is 3.34. The van der Waals surface area contributed by atoms with E-state index >= 15 is 0 Å². The zero-order valence-corrected chi connectivity index (χ0v) is 11.8. The van der Waals surface area contributed by atoms with Gasteiger partial charge in [0, 0.05) is 26.1 Å². The molecule has 1 amide bonds. The monoisotopic (exact) mass is 286 g/mol. The first-order valence-electron chi connectivity index (χ1n) is 6.18. The fourth-order valence-electron chi connectivity index (χ4n) is 2.21. The van der Waals surface area contributed by atoms with Crippen molar-refractivity contribution in [1.29, 1.82) is 0 Å². The molecule has 1 aromatic rings. The van der Waals surface area contributed by atoms with E-state index in [9.17, 15) is 13.2 Å². The number of aromatic amines is 1. The standard InChI is InChI=1S/C11H18N4O3S/c1-8-11(7-12-13-8)19(17,18)14-10-3-5-15(6-4-10)9(2)16/h7,10,14H,3-6H2,1-2H3,(H,12,13). The van der Waals surface area contributed by atoms with Crippen molar-refractivity contribution in [3.8, 4) is 0 Å². The van der Waals surface area contributed by atoms with Gasteiger partial charge in [-0.25, -0.2) is 13.1 Å². The van der Waals surface area contributed by atoms with Gasteiger partial charge in [0.15, 0.2) is 0 Å². The second-order valence-corrected chi connectivity index (χ2v) is 6.44. The number of sulfonamides is 1. The van der Waals surface area contributed by atoms with Crippen molar-refractivity contribution in [1.82, 2.24) is 19.8 Å². The fourth-order valence-corrected chi connectivity index (χ4v) is 3.65. The van der Waals surface area contributed by atoms with Gasteiger partial charge in [-0.2, -0.15) is 5.10 Å². The van der Waals surface area contributed by atoms with Gasteiger partial charge in [0.2, 0.25) is 15.9 Å². The van der Waals surface area contributed by atoms with E-state index in [1.54, 1.807) is 11.8 Å². The summed E-state index contributed by atoms with van der Waals surface area (Å²) < 4.78 is 27.0. The van der Waals surface area contributed by atoms with Crippen molar-refractivity contribution in [3.05, 3.63) is 11.9 Å². The van der Waals surface area contributed by atoms with Gasteiger partial charge in [0.1, 0.15) is 4.90 Å². The first-order valence-corrected chi connectivity index (χ1v) is 7.66. The molecule has 0 aliphatic carbocycles. The molecule has 106 valence electrons. The van der Waals surface area contributed by atoms with Gasteiger partial charge in [0.05, 0.1) is 11.9 Å². The Morgan fingerprint density at radius 2 is 2.11 bits per heavy atom. The maximum absolute atomic E-state index is 12.1. The van der Waals surface area contributed by atoms with Gasteiger partial charge in [-0.3, -0.25) is 9.89 Å². The predicted octanol–water partition coefficient (Wildman–Crippen LogP) is 0.00732. The molecule has 2 heterocycles. The maximum atomic E-state index is 12.1. The van der Waals surface area contributed by atoms with Crippen LogP contribution in [0.15, 0.2) is 11.1 Å². The van der Waals surface area contributed by atoms with Crippen molar-refractivity contribution in [3.63, 3.8) is 0 Å². The van der Waals surface area contributed by atoms with Crippen molar-refractivity contribution in [2.75, 3.05) is 13.1 Å². The Morgan fingerprint density at radius 1 is 1.47 bits per heavy atom. The molecule has 0 atom stereocenters. The van der Waals surface area contributed by atoms with Crippen LogP contribution in [0.1, 0.15) is 25.5 Å². The van der Waals surface area contributed by atoms with Crippen LogP contribution in [-0.2, 0) is 14.8 Å². The fraction of sp³-hybridized carbons (Fsp3) is 0.636. The van der Waals surface area contributed by atoms with Crippen molar-refractivity contribution < 1.29 is 13.2 Å². The number of nitrogens with one attached hydrogen (secondary N) is 2. The SMILES string of the molecule is CC(=O)N1CCC(NS(=O)(=O)c2cn[nH]c2C)CC1. The summed E-state index contributed by atoms with van der Waals surface area (Å²) >= 11 is 0. The second-order valence-electron chi connectivity index (χ2n) is 4.76. The molecule has 1 aliphatic rings. The molecular weight excluding hydrogens is 268 g/mol. The average molecular weight is 286 g/mol. The number of hydrogen-bond donors (Lipinski definition) is 2. The normalized spacial score (nSPS) is 17.7. The average Bonchev–Trinajstić information content (AvgIpc) is 2.76. The lowest BCUT2D eigenvalue weighted by Gasteiger charge is -2.31. The van der Waals surface area contributed by atoms with Gasteiger partial charge >= 0.3 is 0 Å². The molecule has 7 nitrogen and oxygen atoms in total. The zero-order chi connectivity index (χ0) is 14.0. The van der Waals surface area contributed by atoms with Crippen molar-refractivity contribution in [2.24, 2.45) is 0 Å². The third-order valence-corrected chi connectivity index (χ3v) is 4.97. The zero-order valence-electron chi connectivity index (χ0n) is 11.0. The molecule has 0 spiro atoms. The number of aryl methyl sites for hydroxylation is 1. The highest BCUT2D eigenvalue weighted by Crippen LogP contribution is 2.16. The van der Waals surface area contributed by atoms with E-state index < -0.39 is 10.0 Å². The highest BCUT2D eigenvalue weighted by molar-refractivity contribution is 7.89. The Bertz CT molecular complexity index is 558. The highest BCUT2D eigenvalue weighted by atomic mass is 32.2. The van der Waals surface area contributed by atoms with E-state index in [0.717, 1.165) is 0 Å². The van der Waals surface area contributed by atoms with Crippen LogP contribution in [-0.4, -0.2) is 48.6 Å². The third kappa shape index (κ3) is 3.13. The maximum Gasteiger partial charge on any atom is 0.244 e. The number of amides is 1. The Hall–Kier alpha value is -1.41. The summed E-state index contributed by atoms with van der Waals surface area (Å²) in [5, 5.41) is 6.33. The number of nitrogens with zero attached hydrogens (tertiary/aromatic N) is 2. The number of carbonyl (C=O) groups is 1. The quantitative estimate of drug-likeness (QED) is 0.818. The van der Waals surface area contributed by atoms with Gasteiger partial charge in [-0.1, -0.05) is 0 Å². The van der Waals surface area contributed by atoms with Crippen LogP contribution in [0, 0.1) is 6.92 Å². The number of aromatic nitrogens is 2. The molecule has 1 aromatic heterocycles. The number of likely N-dealkylation sites (tertiary alicyclic amines) is 1. The summed E-state index contributed by atoms with van der Waals surface area (Å²) in [5.74, 6) is 0.0342. The molecule has 0 bridgehead atoms. The van der Waals surface area contributed by atoms with Gasteiger partial charge in [-0.15, -0.1) is 0 Å². The van der Waals surface area contributed by atoms with Crippen molar-refractivity contribution >= 4 is 15.9 Å². The largest absolute Gasteiger partial charge is 0.343 e. The molecule has 8 heteroatoms. The van der Waals surface area contributed by atoms with E-state index in [1.165, 1.54) is 13.1 Å². The van der Waals surface area contributed by atoms with E-state index in [2.05, 4.69) is 14.9 Å². The smallest absolute Gasteiger partial charge is 0.244 e. The Labute approximate surface area is 112 Å². The predicted molar refractivity (Wildman–Crippen MR) is 68.9 cm³/mol. The molecule has 1 fully saturated rings. The van der Waals surface area contributed by atoms with Crippen LogP contribution in [0.4, 0.5) is 0 Å². The Kier molecular flexibility index (Phi) is 3.91.